The quantitative estimate of drug-likeness (QED) is 0.0796. The number of nitrogens with zero attached hydrogens (tertiary/aromatic N) is 4. The van der Waals surface area contributed by atoms with Gasteiger partial charge < -0.3 is 9.64 Å². The number of rotatable bonds is 8. The van der Waals surface area contributed by atoms with Gasteiger partial charge in [0, 0.05) is 24.0 Å². The molecule has 3 heterocycles. The van der Waals surface area contributed by atoms with Gasteiger partial charge in [-0.25, -0.2) is 23.7 Å². The monoisotopic (exact) mass is 686 g/mol. The highest BCUT2D eigenvalue weighted by molar-refractivity contribution is 7.98. The van der Waals surface area contributed by atoms with Crippen molar-refractivity contribution in [3.8, 4) is 28.6 Å². The first kappa shape index (κ1) is 34.6. The largest absolute Gasteiger partial charge is 0.477 e. The third kappa shape index (κ3) is 5.98. The van der Waals surface area contributed by atoms with Crippen LogP contribution < -0.4 is 9.64 Å². The zero-order chi connectivity index (χ0) is 34.5. The molecule has 48 heavy (non-hydrogen) atoms. The van der Waals surface area contributed by atoms with Gasteiger partial charge in [0.1, 0.15) is 36.3 Å². The van der Waals surface area contributed by atoms with E-state index in [0.717, 1.165) is 24.0 Å². The van der Waals surface area contributed by atoms with Crippen molar-refractivity contribution in [2.75, 3.05) is 30.9 Å². The zero-order valence-corrected chi connectivity index (χ0v) is 31.6. The summed E-state index contributed by atoms with van der Waals surface area (Å²) in [5.41, 5.74) is 6.81. The fourth-order valence-corrected chi connectivity index (χ4v) is 14.3. The maximum atomic E-state index is 17.2. The van der Waals surface area contributed by atoms with E-state index in [1.165, 1.54) is 37.1 Å². The molecule has 1 saturated carbocycles. The first-order chi connectivity index (χ1) is 22.9. The molecule has 4 aromatic rings. The lowest BCUT2D eigenvalue weighted by Crippen LogP contribution is -2.43. The van der Waals surface area contributed by atoms with Gasteiger partial charge >= 0.3 is 0 Å². The number of benzene rings is 2. The fourth-order valence-electron chi connectivity index (χ4n) is 8.73. The normalized spacial score (nSPS) is 18.0. The maximum Gasteiger partial charge on any atom is 0.227 e. The Kier molecular flexibility index (Phi) is 9.81. The molecule has 0 N–H and O–H groups in total. The van der Waals surface area contributed by atoms with Crippen LogP contribution in [0.4, 0.5) is 14.6 Å². The third-order valence-corrected chi connectivity index (χ3v) is 17.7. The lowest BCUT2D eigenvalue weighted by molar-refractivity contribution is 0.330. The summed E-state index contributed by atoms with van der Waals surface area (Å²) < 4.78 is 39.4. The molecule has 5 nitrogen and oxygen atoms in total. The van der Waals surface area contributed by atoms with Crippen LogP contribution in [0.15, 0.2) is 29.4 Å². The van der Waals surface area contributed by atoms with Crippen molar-refractivity contribution in [1.82, 2.24) is 15.0 Å². The molecule has 1 aliphatic heterocycles. The number of thioether (sulfide) groups is 1. The summed E-state index contributed by atoms with van der Waals surface area (Å²) in [7, 11) is -2.20. The average Bonchev–Trinajstić information content (AvgIpc) is 3.38. The van der Waals surface area contributed by atoms with Crippen molar-refractivity contribution < 1.29 is 13.5 Å². The third-order valence-electron chi connectivity index (χ3n) is 10.8. The molecule has 2 aromatic heterocycles. The molecule has 2 atom stereocenters. The Morgan fingerprint density at radius 2 is 1.62 bits per heavy atom. The second-order valence-electron chi connectivity index (χ2n) is 14.7. The van der Waals surface area contributed by atoms with Gasteiger partial charge in [-0.05, 0) is 90.9 Å². The molecular formula is C39H48F2N4OSSi. The van der Waals surface area contributed by atoms with Gasteiger partial charge in [0.15, 0.2) is 11.0 Å². The minimum absolute atomic E-state index is 0.0869. The van der Waals surface area contributed by atoms with Crippen LogP contribution in [0.3, 0.4) is 0 Å². The molecule has 2 aromatic carbocycles. The van der Waals surface area contributed by atoms with E-state index in [-0.39, 0.29) is 16.8 Å². The van der Waals surface area contributed by atoms with Gasteiger partial charge in [-0.3, -0.25) is 0 Å². The van der Waals surface area contributed by atoms with Crippen LogP contribution in [0, 0.1) is 41.9 Å². The van der Waals surface area contributed by atoms with Gasteiger partial charge in [0.2, 0.25) is 5.88 Å². The van der Waals surface area contributed by atoms with Crippen LogP contribution >= 0.6 is 11.8 Å². The van der Waals surface area contributed by atoms with Gasteiger partial charge in [-0.15, -0.1) is 5.54 Å². The van der Waals surface area contributed by atoms with Crippen molar-refractivity contribution in [2.45, 2.75) is 96.4 Å². The molecule has 0 spiro atoms. The van der Waals surface area contributed by atoms with Crippen molar-refractivity contribution >= 4 is 47.3 Å². The average molecular weight is 687 g/mol. The number of pyridine rings is 1. The molecule has 254 valence electrons. The molecule has 6 rings (SSSR count). The summed E-state index contributed by atoms with van der Waals surface area (Å²) >= 11 is 1.39. The van der Waals surface area contributed by atoms with Crippen LogP contribution in [-0.2, 0) is 0 Å². The molecule has 1 aliphatic carbocycles. The SMILES string of the molecule is CCOc1nc(-c2cc(C)cc3ccc(F)c(C#C[Si](C(C)C)(C(C)C)C(C)C)c23)c(F)c2nc(SC)nc(N3CC4CCC(C4)C3)c12. The summed E-state index contributed by atoms with van der Waals surface area (Å²) in [5, 5.41) is 2.35. The number of hydrogen-bond acceptors (Lipinski definition) is 6. The summed E-state index contributed by atoms with van der Waals surface area (Å²) in [6.07, 6.45) is 5.57. The second-order valence-corrected chi connectivity index (χ2v) is 21.1. The number of piperidine rings is 1. The highest BCUT2D eigenvalue weighted by atomic mass is 32.2. The van der Waals surface area contributed by atoms with Gasteiger partial charge in [-0.2, -0.15) is 0 Å². The molecule has 2 unspecified atom stereocenters. The molecule has 2 aliphatic rings. The van der Waals surface area contributed by atoms with Crippen molar-refractivity contribution in [1.29, 1.82) is 0 Å². The number of halogens is 2. The molecule has 2 fully saturated rings. The van der Waals surface area contributed by atoms with E-state index >= 15 is 8.78 Å². The summed E-state index contributed by atoms with van der Waals surface area (Å²) in [4.78, 5) is 16.9. The van der Waals surface area contributed by atoms with Crippen molar-refractivity contribution in [3.63, 3.8) is 0 Å². The Labute approximate surface area is 289 Å². The standard InChI is InChI=1S/C39H48F2N4OSSi/c1-10-46-38-33-36(43-39(47-9)44-37(33)45-20-26-11-12-27(19-26)21-45)34(41)35(42-38)30-18-25(8)17-28-13-14-31(40)29(32(28)30)15-16-48(22(2)3,23(4)5)24(6)7/h13-14,17-18,22-24,26-27H,10-12,19-21H2,1-9H3. The van der Waals surface area contributed by atoms with Crippen molar-refractivity contribution in [3.05, 3.63) is 47.0 Å². The van der Waals surface area contributed by atoms with Crippen LogP contribution in [-0.4, -0.2) is 49.0 Å². The predicted molar refractivity (Wildman–Crippen MR) is 199 cm³/mol. The molecule has 1 saturated heterocycles. The topological polar surface area (TPSA) is 51.1 Å². The lowest BCUT2D eigenvalue weighted by atomic mass is 9.94. The molecule has 9 heteroatoms. The maximum absolute atomic E-state index is 17.2. The number of ether oxygens (including phenoxy) is 1. The Bertz CT molecular complexity index is 1900. The van der Waals surface area contributed by atoms with Crippen LogP contribution in [0.25, 0.3) is 32.9 Å². The Morgan fingerprint density at radius 1 is 0.958 bits per heavy atom. The van der Waals surface area contributed by atoms with E-state index in [2.05, 4.69) is 57.9 Å². The number of aryl methyl sites for hydroxylation is 1. The van der Waals surface area contributed by atoms with Crippen LogP contribution in [0.5, 0.6) is 5.88 Å². The number of aromatic nitrogens is 3. The van der Waals surface area contributed by atoms with Crippen LogP contribution in [0.1, 0.15) is 78.9 Å². The molecule has 0 amide bonds. The van der Waals surface area contributed by atoms with E-state index in [1.54, 1.807) is 6.07 Å². The van der Waals surface area contributed by atoms with E-state index in [9.17, 15) is 0 Å². The highest BCUT2D eigenvalue weighted by Gasteiger charge is 2.42. The zero-order valence-electron chi connectivity index (χ0n) is 29.8. The minimum Gasteiger partial charge on any atom is -0.477 e. The van der Waals surface area contributed by atoms with Crippen molar-refractivity contribution in [2.24, 2.45) is 11.8 Å². The molecule has 0 radical (unpaired) electrons. The number of fused-ring (bicyclic) bond motifs is 4. The first-order valence-corrected chi connectivity index (χ1v) is 20.9. The molecule has 2 bridgehead atoms. The number of anilines is 1. The van der Waals surface area contributed by atoms with E-state index in [4.69, 9.17) is 19.7 Å². The van der Waals surface area contributed by atoms with E-state index in [1.807, 2.05) is 32.2 Å². The van der Waals surface area contributed by atoms with Gasteiger partial charge in [0.25, 0.3) is 0 Å². The first-order valence-electron chi connectivity index (χ1n) is 17.5. The Morgan fingerprint density at radius 3 is 2.23 bits per heavy atom. The fraction of sp³-hybridized carbons (Fsp3) is 0.513. The number of hydrogen-bond donors (Lipinski definition) is 0. The minimum atomic E-state index is -2.20. The highest BCUT2D eigenvalue weighted by Crippen LogP contribution is 2.45. The Hall–Kier alpha value is -3.22. The Balaban J connectivity index is 1.65. The smallest absolute Gasteiger partial charge is 0.227 e. The summed E-state index contributed by atoms with van der Waals surface area (Å²) in [6, 6.07) is 7.12. The van der Waals surface area contributed by atoms with Crippen LogP contribution in [0.2, 0.25) is 16.6 Å². The second kappa shape index (κ2) is 13.6. The molecular weight excluding hydrogens is 639 g/mol. The predicted octanol–water partition coefficient (Wildman–Crippen LogP) is 10.4. The van der Waals surface area contributed by atoms with E-state index < -0.39 is 19.7 Å². The summed E-state index contributed by atoms with van der Waals surface area (Å²) in [6.45, 7) is 19.4. The summed E-state index contributed by atoms with van der Waals surface area (Å²) in [5.74, 6) is 4.60. The lowest BCUT2D eigenvalue weighted by Gasteiger charge is -2.38. The van der Waals surface area contributed by atoms with Gasteiger partial charge in [-0.1, -0.05) is 71.4 Å². The van der Waals surface area contributed by atoms with Gasteiger partial charge in [0.05, 0.1) is 12.2 Å². The van der Waals surface area contributed by atoms with E-state index in [0.29, 0.717) is 68.3 Å².